The Bertz CT molecular complexity index is 758. The molecule has 1 atom stereocenters. The second-order valence-electron chi connectivity index (χ2n) is 6.06. The first kappa shape index (κ1) is 17.3. The van der Waals surface area contributed by atoms with Gasteiger partial charge in [-0.05, 0) is 35.6 Å². The molecule has 0 fully saturated rings. The molecule has 7 heteroatoms. The largest absolute Gasteiger partial charge is 0.454 e. The molecule has 132 valence electrons. The molecule has 0 saturated heterocycles. The maximum atomic E-state index is 12.2. The molecule has 2 aromatic rings. The zero-order chi connectivity index (χ0) is 17.8. The predicted molar refractivity (Wildman–Crippen MR) is 94.9 cm³/mol. The second-order valence-corrected chi connectivity index (χ2v) is 7.03. The fraction of sp³-hybridized carbons (Fsp3) is 0.333. The van der Waals surface area contributed by atoms with Crippen molar-refractivity contribution in [2.75, 3.05) is 13.3 Å². The number of benzene rings is 1. The average molecular weight is 360 g/mol. The van der Waals surface area contributed by atoms with Crippen LogP contribution in [0.5, 0.6) is 11.5 Å². The highest BCUT2D eigenvalue weighted by Crippen LogP contribution is 2.32. The zero-order valence-corrected chi connectivity index (χ0v) is 14.9. The number of fused-ring (bicyclic) bond motifs is 1. The summed E-state index contributed by atoms with van der Waals surface area (Å²) in [5.41, 5.74) is 0.427. The van der Waals surface area contributed by atoms with E-state index in [1.165, 1.54) is 0 Å². The number of hydrogen-bond donors (Lipinski definition) is 2. The Morgan fingerprint density at radius 2 is 2.00 bits per heavy atom. The zero-order valence-electron chi connectivity index (χ0n) is 14.1. The third kappa shape index (κ3) is 4.11. The minimum atomic E-state index is -0.328. The lowest BCUT2D eigenvalue weighted by Crippen LogP contribution is -2.39. The van der Waals surface area contributed by atoms with Crippen LogP contribution in [0, 0.1) is 5.92 Å². The molecule has 2 N–H and O–H groups in total. The maximum absolute atomic E-state index is 12.2. The fourth-order valence-corrected chi connectivity index (χ4v) is 3.51. The summed E-state index contributed by atoms with van der Waals surface area (Å²) in [4.78, 5) is 25.5. The lowest BCUT2D eigenvalue weighted by molar-refractivity contribution is -0.121. The van der Waals surface area contributed by atoms with Gasteiger partial charge < -0.3 is 20.1 Å². The van der Waals surface area contributed by atoms with E-state index in [9.17, 15) is 9.59 Å². The SMILES string of the molecule is CC(C)[C@H](NC(=O)CNC(=O)c1ccc2c(c1)OCO2)c1cccs1. The van der Waals surface area contributed by atoms with Gasteiger partial charge in [0, 0.05) is 10.4 Å². The van der Waals surface area contributed by atoms with Gasteiger partial charge in [0.05, 0.1) is 12.6 Å². The highest BCUT2D eigenvalue weighted by molar-refractivity contribution is 7.10. The van der Waals surface area contributed by atoms with E-state index in [4.69, 9.17) is 9.47 Å². The molecule has 0 saturated carbocycles. The molecule has 25 heavy (non-hydrogen) atoms. The molecule has 1 aromatic heterocycles. The number of nitrogens with one attached hydrogen (secondary N) is 2. The van der Waals surface area contributed by atoms with Crippen molar-refractivity contribution in [3.05, 3.63) is 46.2 Å². The molecule has 1 aromatic carbocycles. The van der Waals surface area contributed by atoms with Gasteiger partial charge in [-0.25, -0.2) is 0 Å². The van der Waals surface area contributed by atoms with Gasteiger partial charge in [0.2, 0.25) is 12.7 Å². The molecular formula is C18H20N2O4S. The Morgan fingerprint density at radius 1 is 1.20 bits per heavy atom. The number of amides is 2. The van der Waals surface area contributed by atoms with Crippen LogP contribution in [0.3, 0.4) is 0 Å². The number of hydrogen-bond acceptors (Lipinski definition) is 5. The number of carbonyl (C=O) groups is 2. The van der Waals surface area contributed by atoms with Crippen molar-refractivity contribution in [2.24, 2.45) is 5.92 Å². The lowest BCUT2D eigenvalue weighted by atomic mass is 10.0. The van der Waals surface area contributed by atoms with Crippen LogP contribution in [0.15, 0.2) is 35.7 Å². The normalized spacial score (nSPS) is 13.6. The monoisotopic (exact) mass is 360 g/mol. The van der Waals surface area contributed by atoms with Gasteiger partial charge in [0.1, 0.15) is 0 Å². The van der Waals surface area contributed by atoms with Crippen LogP contribution in [-0.4, -0.2) is 25.2 Å². The first-order valence-corrected chi connectivity index (χ1v) is 8.93. The Kier molecular flexibility index (Phi) is 5.23. The van der Waals surface area contributed by atoms with E-state index in [2.05, 4.69) is 24.5 Å². The molecule has 3 rings (SSSR count). The van der Waals surface area contributed by atoms with Crippen molar-refractivity contribution in [1.29, 1.82) is 0 Å². The van der Waals surface area contributed by atoms with Crippen molar-refractivity contribution in [3.63, 3.8) is 0 Å². The van der Waals surface area contributed by atoms with Crippen LogP contribution in [-0.2, 0) is 4.79 Å². The summed E-state index contributed by atoms with van der Waals surface area (Å²) in [6.45, 7) is 4.18. The van der Waals surface area contributed by atoms with E-state index < -0.39 is 0 Å². The van der Waals surface area contributed by atoms with E-state index in [1.54, 1.807) is 29.5 Å². The van der Waals surface area contributed by atoms with E-state index in [1.807, 2.05) is 17.5 Å². The Morgan fingerprint density at radius 3 is 2.72 bits per heavy atom. The van der Waals surface area contributed by atoms with Crippen LogP contribution in [0.4, 0.5) is 0 Å². The van der Waals surface area contributed by atoms with Crippen molar-refractivity contribution in [3.8, 4) is 11.5 Å². The van der Waals surface area contributed by atoms with Gasteiger partial charge in [-0.15, -0.1) is 11.3 Å². The molecule has 0 radical (unpaired) electrons. The van der Waals surface area contributed by atoms with Crippen LogP contribution in [0.1, 0.15) is 35.1 Å². The molecule has 0 spiro atoms. The van der Waals surface area contributed by atoms with Crippen LogP contribution < -0.4 is 20.1 Å². The standard InChI is InChI=1S/C18H20N2O4S/c1-11(2)17(15-4-3-7-25-15)20-16(21)9-19-18(22)12-5-6-13-14(8-12)24-10-23-13/h3-8,11,17H,9-10H2,1-2H3,(H,19,22)(H,20,21)/t17-/m0/s1. The summed E-state index contributed by atoms with van der Waals surface area (Å²) in [5, 5.41) is 7.60. The summed E-state index contributed by atoms with van der Waals surface area (Å²) in [6.07, 6.45) is 0. The first-order chi connectivity index (χ1) is 12.0. The molecule has 0 unspecified atom stereocenters. The molecule has 1 aliphatic heterocycles. The van der Waals surface area contributed by atoms with Gasteiger partial charge in [0.25, 0.3) is 5.91 Å². The number of carbonyl (C=O) groups excluding carboxylic acids is 2. The minimum absolute atomic E-state index is 0.0602. The lowest BCUT2D eigenvalue weighted by Gasteiger charge is -2.21. The summed E-state index contributed by atoms with van der Waals surface area (Å²) in [5.74, 6) is 0.860. The highest BCUT2D eigenvalue weighted by atomic mass is 32.1. The first-order valence-electron chi connectivity index (χ1n) is 8.05. The van der Waals surface area contributed by atoms with Crippen LogP contribution >= 0.6 is 11.3 Å². The summed E-state index contributed by atoms with van der Waals surface area (Å²) < 4.78 is 10.5. The maximum Gasteiger partial charge on any atom is 0.251 e. The van der Waals surface area contributed by atoms with E-state index in [0.717, 1.165) is 4.88 Å². The molecular weight excluding hydrogens is 340 g/mol. The van der Waals surface area contributed by atoms with Gasteiger partial charge >= 0.3 is 0 Å². The fourth-order valence-electron chi connectivity index (χ4n) is 2.56. The molecule has 0 bridgehead atoms. The van der Waals surface area contributed by atoms with Crippen molar-refractivity contribution in [2.45, 2.75) is 19.9 Å². The molecule has 2 heterocycles. The van der Waals surface area contributed by atoms with Gasteiger partial charge in [-0.1, -0.05) is 19.9 Å². The van der Waals surface area contributed by atoms with E-state index in [0.29, 0.717) is 17.1 Å². The Hall–Kier alpha value is -2.54. The Balaban J connectivity index is 1.55. The summed E-state index contributed by atoms with van der Waals surface area (Å²) in [6, 6.07) is 8.84. The van der Waals surface area contributed by atoms with Crippen molar-refractivity contribution < 1.29 is 19.1 Å². The van der Waals surface area contributed by atoms with Gasteiger partial charge in [0.15, 0.2) is 11.5 Å². The molecule has 2 amide bonds. The third-order valence-corrected chi connectivity index (χ3v) is 4.83. The van der Waals surface area contributed by atoms with Crippen LogP contribution in [0.25, 0.3) is 0 Å². The van der Waals surface area contributed by atoms with E-state index in [-0.39, 0.29) is 37.1 Å². The van der Waals surface area contributed by atoms with Gasteiger partial charge in [-0.3, -0.25) is 9.59 Å². The van der Waals surface area contributed by atoms with Gasteiger partial charge in [-0.2, -0.15) is 0 Å². The van der Waals surface area contributed by atoms with Crippen molar-refractivity contribution >= 4 is 23.2 Å². The Labute approximate surface area is 150 Å². The molecule has 6 nitrogen and oxygen atoms in total. The average Bonchev–Trinajstić information content (AvgIpc) is 3.27. The van der Waals surface area contributed by atoms with E-state index >= 15 is 0 Å². The summed E-state index contributed by atoms with van der Waals surface area (Å²) >= 11 is 1.61. The topological polar surface area (TPSA) is 76.7 Å². The number of thiophene rings is 1. The number of rotatable bonds is 6. The smallest absolute Gasteiger partial charge is 0.251 e. The van der Waals surface area contributed by atoms with Crippen LogP contribution in [0.2, 0.25) is 0 Å². The quantitative estimate of drug-likeness (QED) is 0.830. The molecule has 0 aliphatic carbocycles. The molecule has 1 aliphatic rings. The number of ether oxygens (including phenoxy) is 2. The predicted octanol–water partition coefficient (Wildman–Crippen LogP) is 2.72. The third-order valence-electron chi connectivity index (χ3n) is 3.88. The highest BCUT2D eigenvalue weighted by Gasteiger charge is 2.20. The second kappa shape index (κ2) is 7.57. The minimum Gasteiger partial charge on any atom is -0.454 e. The summed E-state index contributed by atoms with van der Waals surface area (Å²) in [7, 11) is 0. The van der Waals surface area contributed by atoms with Crippen molar-refractivity contribution in [1.82, 2.24) is 10.6 Å².